The van der Waals surface area contributed by atoms with Gasteiger partial charge in [-0.25, -0.2) is 4.79 Å². The van der Waals surface area contributed by atoms with Crippen molar-refractivity contribution in [3.05, 3.63) is 41.0 Å². The van der Waals surface area contributed by atoms with Crippen LogP contribution in [0.1, 0.15) is 68.1 Å². The van der Waals surface area contributed by atoms with Crippen molar-refractivity contribution in [2.45, 2.75) is 95.5 Å². The molecule has 0 saturated carbocycles. The molecule has 0 aliphatic carbocycles. The Bertz CT molecular complexity index is 819. The summed E-state index contributed by atoms with van der Waals surface area (Å²) < 4.78 is 5.89. The van der Waals surface area contributed by atoms with E-state index in [-0.39, 0.29) is 12.1 Å². The van der Waals surface area contributed by atoms with Gasteiger partial charge in [0.15, 0.2) is 0 Å². The van der Waals surface area contributed by atoms with Crippen LogP contribution >= 0.6 is 0 Å². The number of benzene rings is 1. The predicted octanol–water partition coefficient (Wildman–Crippen LogP) is 4.48. The maximum Gasteiger partial charge on any atom is 0.331 e. The van der Waals surface area contributed by atoms with Crippen molar-refractivity contribution in [1.29, 1.82) is 0 Å². The smallest absolute Gasteiger partial charge is 0.331 e. The van der Waals surface area contributed by atoms with Gasteiger partial charge < -0.3 is 4.74 Å². The van der Waals surface area contributed by atoms with Gasteiger partial charge in [-0.1, -0.05) is 30.2 Å². The summed E-state index contributed by atoms with van der Waals surface area (Å²) in [6.45, 7) is 6.57. The van der Waals surface area contributed by atoms with E-state index in [4.69, 9.17) is 4.74 Å². The monoisotopic (exact) mass is 408 g/mol. The van der Waals surface area contributed by atoms with Crippen molar-refractivity contribution in [2.75, 3.05) is 13.1 Å². The van der Waals surface area contributed by atoms with Gasteiger partial charge in [-0.3, -0.25) is 9.80 Å². The number of carbonyl (C=O) groups excluding carboxylic acids is 1. The fraction of sp³-hybridized carbons (Fsp3) is 0.654. The highest BCUT2D eigenvalue weighted by molar-refractivity contribution is 5.87. The number of nitrogens with zero attached hydrogens (tertiary/aromatic N) is 2. The third-order valence-electron chi connectivity index (χ3n) is 8.06. The number of aryl methyl sites for hydroxylation is 2. The lowest BCUT2D eigenvalue weighted by Crippen LogP contribution is -2.65. The van der Waals surface area contributed by atoms with Crippen LogP contribution in [-0.2, 0) is 9.53 Å². The molecule has 5 rings (SSSR count). The number of hydrogen-bond donors (Lipinski definition) is 0. The summed E-state index contributed by atoms with van der Waals surface area (Å²) in [4.78, 5) is 18.1. The van der Waals surface area contributed by atoms with E-state index in [1.807, 2.05) is 6.08 Å². The van der Waals surface area contributed by atoms with E-state index >= 15 is 0 Å². The predicted molar refractivity (Wildman–Crippen MR) is 120 cm³/mol. The maximum atomic E-state index is 12.5. The van der Waals surface area contributed by atoms with E-state index < -0.39 is 0 Å². The Kier molecular flexibility index (Phi) is 5.72. The van der Waals surface area contributed by atoms with Crippen LogP contribution in [0.15, 0.2) is 24.3 Å². The molecule has 4 saturated heterocycles. The molecule has 0 N–H and O–H groups in total. The molecule has 4 fully saturated rings. The van der Waals surface area contributed by atoms with Crippen molar-refractivity contribution in [2.24, 2.45) is 0 Å². The van der Waals surface area contributed by atoms with Gasteiger partial charge in [0.25, 0.3) is 0 Å². The largest absolute Gasteiger partial charge is 0.459 e. The highest BCUT2D eigenvalue weighted by Gasteiger charge is 2.47. The number of carbonyl (C=O) groups is 1. The molecule has 0 aromatic heterocycles. The molecular weight excluding hydrogens is 372 g/mol. The molecule has 2 bridgehead atoms. The Morgan fingerprint density at radius 1 is 0.933 bits per heavy atom. The number of fused-ring (bicyclic) bond motifs is 6. The van der Waals surface area contributed by atoms with Crippen LogP contribution in [0, 0.1) is 13.8 Å². The second-order valence-corrected chi connectivity index (χ2v) is 10.1. The minimum absolute atomic E-state index is 0.0681. The number of ether oxygens (including phenoxy) is 1. The molecule has 5 atom stereocenters. The molecule has 4 nitrogen and oxygen atoms in total. The molecule has 1 unspecified atom stereocenters. The van der Waals surface area contributed by atoms with E-state index in [1.54, 1.807) is 6.08 Å². The van der Waals surface area contributed by atoms with Gasteiger partial charge in [-0.05, 0) is 76.1 Å². The van der Waals surface area contributed by atoms with Crippen LogP contribution < -0.4 is 0 Å². The summed E-state index contributed by atoms with van der Waals surface area (Å²) in [5, 5.41) is 0. The van der Waals surface area contributed by atoms with Crippen molar-refractivity contribution >= 4 is 12.0 Å². The first-order valence-electron chi connectivity index (χ1n) is 12.0. The lowest BCUT2D eigenvalue weighted by molar-refractivity contribution is -0.149. The van der Waals surface area contributed by atoms with Gasteiger partial charge in [-0.2, -0.15) is 0 Å². The van der Waals surface area contributed by atoms with Crippen LogP contribution in [0.3, 0.4) is 0 Å². The quantitative estimate of drug-likeness (QED) is 0.545. The SMILES string of the molecule is Cc1ccc(/C=C\C(=O)OC2CCN3[C@@H]4C[C@@H](C[C@@H]3C2)N2CCCC[C@@H]2C4)c(C)c1. The second kappa shape index (κ2) is 8.47. The van der Waals surface area contributed by atoms with Gasteiger partial charge in [0.2, 0.25) is 0 Å². The zero-order chi connectivity index (χ0) is 20.7. The van der Waals surface area contributed by atoms with Crippen molar-refractivity contribution in [1.82, 2.24) is 9.80 Å². The molecule has 4 heteroatoms. The van der Waals surface area contributed by atoms with E-state index in [0.717, 1.165) is 43.1 Å². The molecule has 1 aromatic rings. The molecule has 1 aromatic carbocycles. The zero-order valence-corrected chi connectivity index (χ0v) is 18.6. The summed E-state index contributed by atoms with van der Waals surface area (Å²) in [6.07, 6.45) is 13.7. The van der Waals surface area contributed by atoms with Crippen LogP contribution in [0.5, 0.6) is 0 Å². The molecule has 162 valence electrons. The highest BCUT2D eigenvalue weighted by atomic mass is 16.5. The highest BCUT2D eigenvalue weighted by Crippen LogP contribution is 2.42. The van der Waals surface area contributed by atoms with E-state index in [0.29, 0.717) is 6.04 Å². The number of rotatable bonds is 3. The van der Waals surface area contributed by atoms with E-state index in [9.17, 15) is 4.79 Å². The maximum absolute atomic E-state index is 12.5. The first kappa shape index (κ1) is 20.3. The van der Waals surface area contributed by atoms with Crippen LogP contribution in [-0.4, -0.2) is 59.1 Å². The van der Waals surface area contributed by atoms with E-state index in [2.05, 4.69) is 41.8 Å². The van der Waals surface area contributed by atoms with Gasteiger partial charge in [0.1, 0.15) is 6.10 Å². The molecule has 4 aliphatic heterocycles. The van der Waals surface area contributed by atoms with Crippen LogP contribution in [0.4, 0.5) is 0 Å². The lowest BCUT2D eigenvalue weighted by Gasteiger charge is -2.58. The number of hydrogen-bond acceptors (Lipinski definition) is 4. The van der Waals surface area contributed by atoms with Crippen molar-refractivity contribution in [3.63, 3.8) is 0 Å². The number of piperidine rings is 4. The van der Waals surface area contributed by atoms with Crippen molar-refractivity contribution < 1.29 is 9.53 Å². The zero-order valence-electron chi connectivity index (χ0n) is 18.6. The van der Waals surface area contributed by atoms with Gasteiger partial charge in [0.05, 0.1) is 0 Å². The second-order valence-electron chi connectivity index (χ2n) is 10.1. The third kappa shape index (κ3) is 4.09. The molecule has 0 spiro atoms. The molecular formula is C26H36N2O2. The molecule has 0 radical (unpaired) electrons. The Morgan fingerprint density at radius 3 is 2.47 bits per heavy atom. The number of esters is 1. The van der Waals surface area contributed by atoms with E-state index in [1.165, 1.54) is 56.2 Å². The molecule has 0 amide bonds. The Balaban J connectivity index is 1.18. The topological polar surface area (TPSA) is 32.8 Å². The summed E-state index contributed by atoms with van der Waals surface area (Å²) in [5.41, 5.74) is 3.52. The van der Waals surface area contributed by atoms with Gasteiger partial charge in [0, 0.05) is 43.2 Å². The molecule has 30 heavy (non-hydrogen) atoms. The van der Waals surface area contributed by atoms with Crippen LogP contribution in [0.2, 0.25) is 0 Å². The lowest BCUT2D eigenvalue weighted by atomic mass is 9.76. The molecule has 4 aliphatic rings. The average molecular weight is 409 g/mol. The average Bonchev–Trinajstić information content (AvgIpc) is 2.73. The summed E-state index contributed by atoms with van der Waals surface area (Å²) in [6, 6.07) is 9.24. The normalized spacial score (nSPS) is 34.4. The first-order chi connectivity index (χ1) is 14.6. The first-order valence-corrected chi connectivity index (χ1v) is 12.0. The molecule has 4 heterocycles. The summed E-state index contributed by atoms with van der Waals surface area (Å²) in [7, 11) is 0. The van der Waals surface area contributed by atoms with Gasteiger partial charge in [-0.15, -0.1) is 0 Å². The van der Waals surface area contributed by atoms with Gasteiger partial charge >= 0.3 is 5.97 Å². The Hall–Kier alpha value is -1.65. The fourth-order valence-corrected chi connectivity index (χ4v) is 6.66. The minimum atomic E-state index is -0.194. The minimum Gasteiger partial charge on any atom is -0.459 e. The Morgan fingerprint density at radius 2 is 1.67 bits per heavy atom. The third-order valence-corrected chi connectivity index (χ3v) is 8.06. The van der Waals surface area contributed by atoms with Crippen molar-refractivity contribution in [3.8, 4) is 0 Å². The summed E-state index contributed by atoms with van der Waals surface area (Å²) in [5.74, 6) is -0.194. The summed E-state index contributed by atoms with van der Waals surface area (Å²) >= 11 is 0. The Labute approximate surface area is 181 Å². The van der Waals surface area contributed by atoms with Crippen LogP contribution in [0.25, 0.3) is 6.08 Å². The fourth-order valence-electron chi connectivity index (χ4n) is 6.66. The standard InChI is InChI=1S/C26H36N2O2/c1-18-6-7-20(19(2)13-18)8-9-26(29)30-25-10-12-28-22-14-21-5-3-4-11-27(21)23(15-22)16-24(28)17-25/h6-9,13,21-25H,3-5,10-12,14-17H2,1-2H3/b9-8-/t21-,22+,23+,24-,25?/m1/s1.